The molecular weight excluding hydrogens is 176 g/mol. The van der Waals surface area contributed by atoms with Gasteiger partial charge in [0.15, 0.2) is 6.29 Å². The number of nitrogens with zero attached hydrogens (tertiary/aromatic N) is 1. The van der Waals surface area contributed by atoms with E-state index in [1.165, 1.54) is 0 Å². The minimum absolute atomic E-state index is 0.633. The van der Waals surface area contributed by atoms with Crippen molar-refractivity contribution in [1.82, 2.24) is 10.2 Å². The van der Waals surface area contributed by atoms with Crippen LogP contribution in [0.5, 0.6) is 0 Å². The van der Waals surface area contributed by atoms with E-state index >= 15 is 0 Å². The van der Waals surface area contributed by atoms with Crippen molar-refractivity contribution < 1.29 is 4.79 Å². The van der Waals surface area contributed by atoms with E-state index in [1.807, 2.05) is 30.3 Å². The summed E-state index contributed by atoms with van der Waals surface area (Å²) in [6, 6.07) is 9.95. The average molecular weight is 186 g/mol. The van der Waals surface area contributed by atoms with Crippen LogP contribution < -0.4 is 0 Å². The smallest absolute Gasteiger partial charge is 0.153 e. The molecule has 0 saturated heterocycles. The predicted molar refractivity (Wildman–Crippen MR) is 53.2 cm³/mol. The SMILES string of the molecule is O=Cc1c[nH]nc1Cc1ccccc1. The molecule has 0 unspecified atom stereocenters. The van der Waals surface area contributed by atoms with Crippen LogP contribution in [0, 0.1) is 0 Å². The normalized spacial score (nSPS) is 10.0. The molecule has 0 saturated carbocycles. The van der Waals surface area contributed by atoms with Gasteiger partial charge in [-0.25, -0.2) is 0 Å². The highest BCUT2D eigenvalue weighted by Gasteiger charge is 2.04. The third kappa shape index (κ3) is 1.71. The van der Waals surface area contributed by atoms with Crippen molar-refractivity contribution in [3.05, 3.63) is 53.3 Å². The molecule has 3 nitrogen and oxygen atoms in total. The summed E-state index contributed by atoms with van der Waals surface area (Å²) in [5, 5.41) is 6.71. The average Bonchev–Trinajstić information content (AvgIpc) is 2.67. The summed E-state index contributed by atoms with van der Waals surface area (Å²) in [6.45, 7) is 0. The van der Waals surface area contributed by atoms with Crippen molar-refractivity contribution in [2.45, 2.75) is 6.42 Å². The van der Waals surface area contributed by atoms with Gasteiger partial charge in [0.05, 0.1) is 11.3 Å². The number of aldehydes is 1. The van der Waals surface area contributed by atoms with E-state index in [9.17, 15) is 4.79 Å². The molecule has 14 heavy (non-hydrogen) atoms. The molecule has 0 aliphatic rings. The Morgan fingerprint density at radius 1 is 1.29 bits per heavy atom. The first kappa shape index (κ1) is 8.69. The van der Waals surface area contributed by atoms with Gasteiger partial charge in [-0.2, -0.15) is 5.10 Å². The van der Waals surface area contributed by atoms with E-state index in [2.05, 4.69) is 10.2 Å². The Labute approximate surface area is 81.8 Å². The monoisotopic (exact) mass is 186 g/mol. The van der Waals surface area contributed by atoms with Gasteiger partial charge in [-0.05, 0) is 5.56 Å². The summed E-state index contributed by atoms with van der Waals surface area (Å²) in [5.74, 6) is 0. The molecule has 0 bridgehead atoms. The van der Waals surface area contributed by atoms with Crippen LogP contribution in [0.1, 0.15) is 21.6 Å². The zero-order valence-electron chi connectivity index (χ0n) is 7.60. The fourth-order valence-electron chi connectivity index (χ4n) is 1.36. The van der Waals surface area contributed by atoms with Crippen LogP contribution in [0.15, 0.2) is 36.5 Å². The number of hydrogen-bond acceptors (Lipinski definition) is 2. The molecule has 3 heteroatoms. The second-order valence-corrected chi connectivity index (χ2v) is 3.07. The van der Waals surface area contributed by atoms with Gasteiger partial charge in [0.2, 0.25) is 0 Å². The minimum atomic E-state index is 0.633. The summed E-state index contributed by atoms with van der Waals surface area (Å²) in [5.41, 5.74) is 2.59. The third-order valence-electron chi connectivity index (χ3n) is 2.09. The first-order chi connectivity index (χ1) is 6.90. The zero-order chi connectivity index (χ0) is 9.80. The van der Waals surface area contributed by atoms with Crippen molar-refractivity contribution in [1.29, 1.82) is 0 Å². The van der Waals surface area contributed by atoms with Crippen LogP contribution >= 0.6 is 0 Å². The van der Waals surface area contributed by atoms with Crippen LogP contribution in [-0.4, -0.2) is 16.5 Å². The molecular formula is C11H10N2O. The van der Waals surface area contributed by atoms with E-state index in [1.54, 1.807) is 6.20 Å². The molecule has 2 aromatic rings. The fraction of sp³-hybridized carbons (Fsp3) is 0.0909. The standard InChI is InChI=1S/C11H10N2O/c14-8-10-7-12-13-11(10)6-9-4-2-1-3-5-9/h1-5,7-8H,6H2,(H,12,13). The molecule has 70 valence electrons. The summed E-state index contributed by atoms with van der Waals surface area (Å²) in [4.78, 5) is 10.6. The van der Waals surface area contributed by atoms with E-state index in [0.717, 1.165) is 17.5 Å². The molecule has 0 amide bonds. The lowest BCUT2D eigenvalue weighted by molar-refractivity contribution is 0.112. The van der Waals surface area contributed by atoms with Gasteiger partial charge in [-0.3, -0.25) is 9.89 Å². The van der Waals surface area contributed by atoms with Crippen molar-refractivity contribution in [3.8, 4) is 0 Å². The highest BCUT2D eigenvalue weighted by Crippen LogP contribution is 2.09. The highest BCUT2D eigenvalue weighted by atomic mass is 16.1. The molecule has 1 N–H and O–H groups in total. The lowest BCUT2D eigenvalue weighted by atomic mass is 10.1. The van der Waals surface area contributed by atoms with Crippen LogP contribution in [0.2, 0.25) is 0 Å². The number of aromatic amines is 1. The molecule has 1 aromatic carbocycles. The minimum Gasteiger partial charge on any atom is -0.298 e. The van der Waals surface area contributed by atoms with E-state index < -0.39 is 0 Å². The van der Waals surface area contributed by atoms with Gasteiger partial charge in [0, 0.05) is 12.6 Å². The Morgan fingerprint density at radius 2 is 2.07 bits per heavy atom. The Kier molecular flexibility index (Phi) is 2.40. The Bertz CT molecular complexity index is 420. The molecule has 1 heterocycles. The third-order valence-corrected chi connectivity index (χ3v) is 2.09. The lowest BCUT2D eigenvalue weighted by Crippen LogP contribution is -1.92. The maximum atomic E-state index is 10.6. The van der Waals surface area contributed by atoms with E-state index in [4.69, 9.17) is 0 Å². The Morgan fingerprint density at radius 3 is 2.79 bits per heavy atom. The number of carbonyl (C=O) groups excluding carboxylic acids is 1. The topological polar surface area (TPSA) is 45.8 Å². The first-order valence-corrected chi connectivity index (χ1v) is 4.42. The molecule has 1 aromatic heterocycles. The van der Waals surface area contributed by atoms with Crippen molar-refractivity contribution in [2.75, 3.05) is 0 Å². The molecule has 0 aliphatic heterocycles. The first-order valence-electron chi connectivity index (χ1n) is 4.42. The maximum absolute atomic E-state index is 10.6. The molecule has 0 spiro atoms. The fourth-order valence-corrected chi connectivity index (χ4v) is 1.36. The second kappa shape index (κ2) is 3.87. The van der Waals surface area contributed by atoms with Crippen molar-refractivity contribution in [3.63, 3.8) is 0 Å². The Balaban J connectivity index is 2.23. The van der Waals surface area contributed by atoms with Gasteiger partial charge in [-0.1, -0.05) is 30.3 Å². The molecule has 0 fully saturated rings. The van der Waals surface area contributed by atoms with Crippen molar-refractivity contribution >= 4 is 6.29 Å². The van der Waals surface area contributed by atoms with Gasteiger partial charge >= 0.3 is 0 Å². The highest BCUT2D eigenvalue weighted by molar-refractivity contribution is 5.76. The molecule has 0 radical (unpaired) electrons. The number of carbonyl (C=O) groups is 1. The maximum Gasteiger partial charge on any atom is 0.153 e. The number of hydrogen-bond donors (Lipinski definition) is 1. The number of aromatic nitrogens is 2. The number of H-pyrrole nitrogens is 1. The van der Waals surface area contributed by atoms with Gasteiger partial charge in [0.25, 0.3) is 0 Å². The number of benzene rings is 1. The molecule has 0 atom stereocenters. The van der Waals surface area contributed by atoms with E-state index in [0.29, 0.717) is 12.0 Å². The predicted octanol–water partition coefficient (Wildman–Crippen LogP) is 1.81. The summed E-state index contributed by atoms with van der Waals surface area (Å²) < 4.78 is 0. The quantitative estimate of drug-likeness (QED) is 0.743. The summed E-state index contributed by atoms with van der Waals surface area (Å²) >= 11 is 0. The van der Waals surface area contributed by atoms with Crippen LogP contribution in [-0.2, 0) is 6.42 Å². The van der Waals surface area contributed by atoms with Crippen LogP contribution in [0.4, 0.5) is 0 Å². The molecule has 0 aliphatic carbocycles. The Hall–Kier alpha value is -1.90. The summed E-state index contributed by atoms with van der Waals surface area (Å²) in [7, 11) is 0. The number of rotatable bonds is 3. The largest absolute Gasteiger partial charge is 0.298 e. The van der Waals surface area contributed by atoms with Gasteiger partial charge in [0.1, 0.15) is 0 Å². The van der Waals surface area contributed by atoms with Gasteiger partial charge < -0.3 is 0 Å². The zero-order valence-corrected chi connectivity index (χ0v) is 7.60. The lowest BCUT2D eigenvalue weighted by Gasteiger charge is -1.97. The van der Waals surface area contributed by atoms with E-state index in [-0.39, 0.29) is 0 Å². The second-order valence-electron chi connectivity index (χ2n) is 3.07. The van der Waals surface area contributed by atoms with Gasteiger partial charge in [-0.15, -0.1) is 0 Å². The number of nitrogens with one attached hydrogen (secondary N) is 1. The molecule has 2 rings (SSSR count). The van der Waals surface area contributed by atoms with Crippen LogP contribution in [0.3, 0.4) is 0 Å². The summed E-state index contributed by atoms with van der Waals surface area (Å²) in [6.07, 6.45) is 3.13. The van der Waals surface area contributed by atoms with Crippen molar-refractivity contribution in [2.24, 2.45) is 0 Å². The van der Waals surface area contributed by atoms with Crippen LogP contribution in [0.25, 0.3) is 0 Å².